The quantitative estimate of drug-likeness (QED) is 0.728. The Kier molecular flexibility index (Phi) is 4.36. The molecule has 0 spiro atoms. The van der Waals surface area contributed by atoms with Crippen LogP contribution in [0.25, 0.3) is 5.13 Å². The second-order valence-corrected chi connectivity index (χ2v) is 7.63. The molecule has 4 heterocycles. The first-order valence-corrected chi connectivity index (χ1v) is 10.1. The second kappa shape index (κ2) is 7.16. The summed E-state index contributed by atoms with van der Waals surface area (Å²) in [6, 6.07) is 8.93. The monoisotopic (exact) mass is 397 g/mol. The zero-order chi connectivity index (χ0) is 18.9. The van der Waals surface area contributed by atoms with E-state index in [0.29, 0.717) is 28.0 Å². The zero-order valence-electron chi connectivity index (χ0n) is 15.1. The SMILES string of the molecule is O=C(Nc1ccc2c(c1)OCO2)c1cccn1-c1nnc(N2CCCCC2)s1. The number of hydrogen-bond donors (Lipinski definition) is 1. The number of carbonyl (C=O) groups excluding carboxylic acids is 1. The molecule has 1 aromatic carbocycles. The third-order valence-electron chi connectivity index (χ3n) is 4.85. The van der Waals surface area contributed by atoms with Gasteiger partial charge in [-0.2, -0.15) is 0 Å². The summed E-state index contributed by atoms with van der Waals surface area (Å²) >= 11 is 1.50. The van der Waals surface area contributed by atoms with E-state index in [4.69, 9.17) is 9.47 Å². The maximum Gasteiger partial charge on any atom is 0.272 e. The first-order valence-electron chi connectivity index (χ1n) is 9.25. The Labute approximate surface area is 165 Å². The fourth-order valence-corrected chi connectivity index (χ4v) is 4.32. The Balaban J connectivity index is 1.35. The van der Waals surface area contributed by atoms with Crippen LogP contribution in [0.15, 0.2) is 36.5 Å². The van der Waals surface area contributed by atoms with E-state index in [2.05, 4.69) is 20.4 Å². The lowest BCUT2D eigenvalue weighted by Gasteiger charge is -2.25. The molecule has 0 bridgehead atoms. The summed E-state index contributed by atoms with van der Waals surface area (Å²) in [6.07, 6.45) is 5.46. The molecule has 2 aliphatic heterocycles. The molecule has 0 unspecified atom stereocenters. The molecule has 2 aromatic heterocycles. The average Bonchev–Trinajstić information content (AvgIpc) is 3.47. The van der Waals surface area contributed by atoms with Crippen molar-refractivity contribution >= 4 is 28.1 Å². The van der Waals surface area contributed by atoms with Crippen molar-refractivity contribution in [2.45, 2.75) is 19.3 Å². The van der Waals surface area contributed by atoms with Gasteiger partial charge in [-0.1, -0.05) is 11.3 Å². The van der Waals surface area contributed by atoms with Crippen molar-refractivity contribution in [3.05, 3.63) is 42.2 Å². The molecule has 28 heavy (non-hydrogen) atoms. The van der Waals surface area contributed by atoms with Crippen LogP contribution >= 0.6 is 11.3 Å². The number of nitrogens with one attached hydrogen (secondary N) is 1. The fourth-order valence-electron chi connectivity index (χ4n) is 3.42. The van der Waals surface area contributed by atoms with Gasteiger partial charge in [-0.25, -0.2) is 0 Å². The molecule has 2 aliphatic rings. The Morgan fingerprint density at radius 3 is 2.75 bits per heavy atom. The molecule has 1 saturated heterocycles. The average molecular weight is 397 g/mol. The molecule has 8 nitrogen and oxygen atoms in total. The second-order valence-electron chi connectivity index (χ2n) is 6.70. The molecule has 0 atom stereocenters. The number of nitrogens with zero attached hydrogens (tertiary/aromatic N) is 4. The molecule has 1 amide bonds. The lowest BCUT2D eigenvalue weighted by molar-refractivity contribution is 0.102. The predicted octanol–water partition coefficient (Wildman–Crippen LogP) is 3.30. The molecule has 9 heteroatoms. The van der Waals surface area contributed by atoms with Crippen molar-refractivity contribution in [1.82, 2.24) is 14.8 Å². The molecule has 0 aliphatic carbocycles. The van der Waals surface area contributed by atoms with Gasteiger partial charge >= 0.3 is 0 Å². The van der Waals surface area contributed by atoms with Gasteiger partial charge in [0.05, 0.1) is 0 Å². The summed E-state index contributed by atoms with van der Waals surface area (Å²) in [6.45, 7) is 2.22. The van der Waals surface area contributed by atoms with E-state index < -0.39 is 0 Å². The minimum atomic E-state index is -0.224. The van der Waals surface area contributed by atoms with Crippen molar-refractivity contribution in [3.8, 4) is 16.6 Å². The normalized spacial score (nSPS) is 15.6. The summed E-state index contributed by atoms with van der Waals surface area (Å²) in [5.74, 6) is 1.09. The topological polar surface area (TPSA) is 81.5 Å². The van der Waals surface area contributed by atoms with Crippen molar-refractivity contribution in [1.29, 1.82) is 0 Å². The Bertz CT molecular complexity index is 1010. The molecule has 1 N–H and O–H groups in total. The van der Waals surface area contributed by atoms with E-state index in [9.17, 15) is 4.79 Å². The van der Waals surface area contributed by atoms with Crippen LogP contribution in [0.4, 0.5) is 10.8 Å². The zero-order valence-corrected chi connectivity index (χ0v) is 15.9. The van der Waals surface area contributed by atoms with Gasteiger partial charge in [-0.15, -0.1) is 10.2 Å². The lowest BCUT2D eigenvalue weighted by Crippen LogP contribution is -2.29. The van der Waals surface area contributed by atoms with Crippen molar-refractivity contribution in [2.75, 3.05) is 30.1 Å². The molecule has 144 valence electrons. The number of aromatic nitrogens is 3. The molecule has 1 fully saturated rings. The highest BCUT2D eigenvalue weighted by Gasteiger charge is 2.20. The number of hydrogen-bond acceptors (Lipinski definition) is 7. The molecular weight excluding hydrogens is 378 g/mol. The maximum atomic E-state index is 12.8. The van der Waals surface area contributed by atoms with Gasteiger partial charge in [-0.05, 0) is 43.5 Å². The van der Waals surface area contributed by atoms with Crippen molar-refractivity contribution < 1.29 is 14.3 Å². The van der Waals surface area contributed by atoms with Gasteiger partial charge in [0.25, 0.3) is 5.91 Å². The Morgan fingerprint density at radius 2 is 1.86 bits per heavy atom. The van der Waals surface area contributed by atoms with Gasteiger partial charge in [0, 0.05) is 31.0 Å². The summed E-state index contributed by atoms with van der Waals surface area (Å²) in [4.78, 5) is 15.1. The first kappa shape index (κ1) is 17.1. The van der Waals surface area contributed by atoms with E-state index >= 15 is 0 Å². The number of anilines is 2. The van der Waals surface area contributed by atoms with E-state index in [0.717, 1.165) is 18.2 Å². The maximum absolute atomic E-state index is 12.8. The Morgan fingerprint density at radius 1 is 1.04 bits per heavy atom. The largest absolute Gasteiger partial charge is 0.454 e. The highest BCUT2D eigenvalue weighted by molar-refractivity contribution is 7.17. The van der Waals surface area contributed by atoms with Gasteiger partial charge < -0.3 is 19.7 Å². The van der Waals surface area contributed by atoms with Crippen LogP contribution in [0.5, 0.6) is 11.5 Å². The lowest BCUT2D eigenvalue weighted by atomic mass is 10.1. The first-order chi connectivity index (χ1) is 13.8. The molecule has 0 radical (unpaired) electrons. The highest BCUT2D eigenvalue weighted by Crippen LogP contribution is 2.34. The molecular formula is C19H19N5O3S. The summed E-state index contributed by atoms with van der Waals surface area (Å²) in [7, 11) is 0. The fraction of sp³-hybridized carbons (Fsp3) is 0.316. The number of fused-ring (bicyclic) bond motifs is 1. The Hall–Kier alpha value is -3.07. The summed E-state index contributed by atoms with van der Waals surface area (Å²) in [5.41, 5.74) is 1.15. The number of benzene rings is 1. The van der Waals surface area contributed by atoms with Crippen molar-refractivity contribution in [3.63, 3.8) is 0 Å². The standard InChI is InChI=1S/C19H19N5O3S/c25-17(20-13-6-7-15-16(11-13)27-12-26-15)14-5-4-10-24(14)19-22-21-18(28-19)23-8-2-1-3-9-23/h4-7,10-11H,1-3,8-9,12H2,(H,20,25). The van der Waals surface area contributed by atoms with E-state index in [-0.39, 0.29) is 12.7 Å². The number of carbonyl (C=O) groups is 1. The van der Waals surface area contributed by atoms with Crippen LogP contribution in [-0.2, 0) is 0 Å². The van der Waals surface area contributed by atoms with E-state index in [1.165, 1.54) is 30.6 Å². The number of amides is 1. The molecule has 5 rings (SSSR count). The van der Waals surface area contributed by atoms with Gasteiger partial charge in [0.1, 0.15) is 5.69 Å². The highest BCUT2D eigenvalue weighted by atomic mass is 32.1. The third kappa shape index (κ3) is 3.18. The van der Waals surface area contributed by atoms with E-state index in [1.807, 2.05) is 12.3 Å². The molecule has 3 aromatic rings. The van der Waals surface area contributed by atoms with Gasteiger partial charge in [0.2, 0.25) is 17.1 Å². The van der Waals surface area contributed by atoms with Crippen LogP contribution in [-0.4, -0.2) is 40.6 Å². The van der Waals surface area contributed by atoms with Crippen molar-refractivity contribution in [2.24, 2.45) is 0 Å². The van der Waals surface area contributed by atoms with Crippen LogP contribution in [0.3, 0.4) is 0 Å². The van der Waals surface area contributed by atoms with Crippen LogP contribution in [0.2, 0.25) is 0 Å². The molecule has 0 saturated carbocycles. The van der Waals surface area contributed by atoms with Gasteiger partial charge in [0.15, 0.2) is 11.5 Å². The van der Waals surface area contributed by atoms with Crippen LogP contribution < -0.4 is 19.7 Å². The smallest absolute Gasteiger partial charge is 0.272 e. The summed E-state index contributed by atoms with van der Waals surface area (Å²) in [5, 5.41) is 13.1. The number of piperidine rings is 1. The minimum Gasteiger partial charge on any atom is -0.454 e. The van der Waals surface area contributed by atoms with Gasteiger partial charge in [-0.3, -0.25) is 9.36 Å². The summed E-state index contributed by atoms with van der Waals surface area (Å²) < 4.78 is 12.4. The number of rotatable bonds is 4. The minimum absolute atomic E-state index is 0.200. The van der Waals surface area contributed by atoms with E-state index in [1.54, 1.807) is 28.8 Å². The number of ether oxygens (including phenoxy) is 2. The van der Waals surface area contributed by atoms with Crippen LogP contribution in [0, 0.1) is 0 Å². The third-order valence-corrected chi connectivity index (χ3v) is 5.83. The predicted molar refractivity (Wildman–Crippen MR) is 106 cm³/mol. The van der Waals surface area contributed by atoms with Crippen LogP contribution in [0.1, 0.15) is 29.8 Å².